The van der Waals surface area contributed by atoms with Crippen LogP contribution in [-0.2, 0) is 9.53 Å². The minimum atomic E-state index is -0.613. The molecule has 3 heterocycles. The molecule has 0 bridgehead atoms. The lowest BCUT2D eigenvalue weighted by Gasteiger charge is -2.34. The Bertz CT molecular complexity index is 1140. The van der Waals surface area contributed by atoms with Crippen molar-refractivity contribution < 1.29 is 18.7 Å². The van der Waals surface area contributed by atoms with Gasteiger partial charge in [-0.3, -0.25) is 9.69 Å². The number of anilines is 2. The van der Waals surface area contributed by atoms with E-state index in [4.69, 9.17) is 4.74 Å². The normalized spacial score (nSPS) is 22.7. The molecule has 3 aromatic rings. The molecule has 5 rings (SSSR count). The first-order chi connectivity index (χ1) is 15.5. The summed E-state index contributed by atoms with van der Waals surface area (Å²) in [5, 5.41) is 14.9. The molecule has 2 fully saturated rings. The second-order valence-corrected chi connectivity index (χ2v) is 8.08. The largest absolute Gasteiger partial charge is 0.441 e. The first kappa shape index (κ1) is 20.1. The molecule has 1 aromatic carbocycles. The van der Waals surface area contributed by atoms with Crippen molar-refractivity contribution >= 4 is 23.6 Å². The van der Waals surface area contributed by atoms with Crippen molar-refractivity contribution in [1.82, 2.24) is 20.0 Å². The Morgan fingerprint density at radius 2 is 1.97 bits per heavy atom. The average Bonchev–Trinajstić information content (AvgIpc) is 3.39. The fraction of sp³-hybridized carbons (Fsp3) is 0.318. The number of halogens is 1. The number of para-hydroxylation sites is 1. The van der Waals surface area contributed by atoms with E-state index < -0.39 is 17.5 Å². The second kappa shape index (κ2) is 8.03. The molecule has 2 aromatic heterocycles. The lowest BCUT2D eigenvalue weighted by atomic mass is 9.78. The Morgan fingerprint density at radius 3 is 2.72 bits per heavy atom. The van der Waals surface area contributed by atoms with Crippen LogP contribution in [-0.4, -0.2) is 44.1 Å². The summed E-state index contributed by atoms with van der Waals surface area (Å²) in [5.41, 5.74) is -0.305. The van der Waals surface area contributed by atoms with Crippen LogP contribution < -0.4 is 10.2 Å². The summed E-state index contributed by atoms with van der Waals surface area (Å²) in [5.74, 6) is 0.0595. The van der Waals surface area contributed by atoms with Gasteiger partial charge in [0, 0.05) is 24.4 Å². The molecule has 1 aliphatic heterocycles. The van der Waals surface area contributed by atoms with Gasteiger partial charge in [0.25, 0.3) is 0 Å². The number of hydrogen-bond acceptors (Lipinski definition) is 6. The summed E-state index contributed by atoms with van der Waals surface area (Å²) in [6.07, 6.45) is 5.04. The Labute approximate surface area is 183 Å². The smallest absolute Gasteiger partial charge is 0.416 e. The van der Waals surface area contributed by atoms with Gasteiger partial charge in [0.05, 0.1) is 6.54 Å². The maximum Gasteiger partial charge on any atom is 0.416 e. The predicted octanol–water partition coefficient (Wildman–Crippen LogP) is 3.33. The van der Waals surface area contributed by atoms with Crippen molar-refractivity contribution in [1.29, 1.82) is 0 Å². The molecule has 0 radical (unpaired) electrons. The van der Waals surface area contributed by atoms with Gasteiger partial charge in [-0.1, -0.05) is 12.1 Å². The molecule has 1 saturated carbocycles. The highest BCUT2D eigenvalue weighted by molar-refractivity contribution is 5.92. The van der Waals surface area contributed by atoms with Crippen LogP contribution in [0.3, 0.4) is 0 Å². The van der Waals surface area contributed by atoms with Gasteiger partial charge >= 0.3 is 6.09 Å². The van der Waals surface area contributed by atoms with E-state index in [-0.39, 0.29) is 11.8 Å². The highest BCUT2D eigenvalue weighted by Crippen LogP contribution is 2.40. The molecule has 1 saturated heterocycles. The minimum Gasteiger partial charge on any atom is -0.441 e. The quantitative estimate of drug-likeness (QED) is 0.673. The molecular formula is C22H21FN6O3. The molecule has 164 valence electrons. The van der Waals surface area contributed by atoms with Crippen molar-refractivity contribution in [3.05, 3.63) is 60.7 Å². The van der Waals surface area contributed by atoms with Crippen LogP contribution in [0, 0.1) is 11.7 Å². The van der Waals surface area contributed by atoms with Crippen molar-refractivity contribution in [2.24, 2.45) is 5.92 Å². The van der Waals surface area contributed by atoms with Gasteiger partial charge in [-0.2, -0.15) is 5.10 Å². The molecule has 2 aliphatic rings. The summed E-state index contributed by atoms with van der Waals surface area (Å²) in [6.45, 7) is 0.395. The summed E-state index contributed by atoms with van der Waals surface area (Å²) >= 11 is 0. The van der Waals surface area contributed by atoms with Crippen LogP contribution >= 0.6 is 0 Å². The number of ether oxygens (including phenoxy) is 1. The van der Waals surface area contributed by atoms with Crippen LogP contribution in [0.1, 0.15) is 25.7 Å². The van der Waals surface area contributed by atoms with E-state index in [0.29, 0.717) is 49.6 Å². The maximum atomic E-state index is 14.0. The zero-order valence-corrected chi connectivity index (χ0v) is 17.1. The van der Waals surface area contributed by atoms with E-state index >= 15 is 0 Å². The van der Waals surface area contributed by atoms with Gasteiger partial charge in [-0.05, 0) is 49.9 Å². The van der Waals surface area contributed by atoms with Gasteiger partial charge < -0.3 is 10.1 Å². The lowest BCUT2D eigenvalue weighted by molar-refractivity contribution is -0.122. The zero-order chi connectivity index (χ0) is 22.1. The van der Waals surface area contributed by atoms with E-state index in [1.165, 1.54) is 15.6 Å². The first-order valence-corrected chi connectivity index (χ1v) is 10.4. The number of nitrogens with zero attached hydrogens (tertiary/aromatic N) is 5. The summed E-state index contributed by atoms with van der Waals surface area (Å²) < 4.78 is 21.0. The third-order valence-corrected chi connectivity index (χ3v) is 6.01. The third kappa shape index (κ3) is 3.79. The molecule has 32 heavy (non-hydrogen) atoms. The number of rotatable bonds is 4. The minimum absolute atomic E-state index is 0.145. The van der Waals surface area contributed by atoms with Gasteiger partial charge in [-0.15, -0.1) is 10.2 Å². The number of amides is 2. The van der Waals surface area contributed by atoms with Gasteiger partial charge in [0.2, 0.25) is 5.91 Å². The molecule has 0 unspecified atom stereocenters. The van der Waals surface area contributed by atoms with Gasteiger partial charge in [0.1, 0.15) is 17.1 Å². The number of carbonyl (C=O) groups excluding carboxylic acids is 2. The van der Waals surface area contributed by atoms with Crippen LogP contribution in [0.15, 0.2) is 54.9 Å². The Hall–Kier alpha value is -3.82. The Kier molecular flexibility index (Phi) is 5.04. The fourth-order valence-corrected chi connectivity index (χ4v) is 4.29. The first-order valence-electron chi connectivity index (χ1n) is 10.4. The summed E-state index contributed by atoms with van der Waals surface area (Å²) in [6, 6.07) is 11.4. The fourth-order valence-electron chi connectivity index (χ4n) is 4.29. The van der Waals surface area contributed by atoms with Gasteiger partial charge in [-0.25, -0.2) is 13.9 Å². The molecular weight excluding hydrogens is 415 g/mol. The standard InChI is InChI=1S/C22H21FN6O3/c23-16-4-1-2-5-17(16)29-13-9-18(27-29)25-20(30)15-7-10-22(11-8-15)14-28(21(31)32-22)19-6-3-12-24-26-19/h1-6,9,12-13,15H,7-8,10-11,14H2,(H,25,27,30)/t15-,22-. The summed E-state index contributed by atoms with van der Waals surface area (Å²) in [4.78, 5) is 26.6. The molecule has 10 heteroatoms. The van der Waals surface area contributed by atoms with E-state index in [1.54, 1.807) is 48.8 Å². The van der Waals surface area contributed by atoms with Crippen LogP contribution in [0.25, 0.3) is 5.69 Å². The Balaban J connectivity index is 1.20. The average molecular weight is 436 g/mol. The Morgan fingerprint density at radius 1 is 1.16 bits per heavy atom. The van der Waals surface area contributed by atoms with E-state index in [1.807, 2.05) is 0 Å². The molecule has 1 spiro atoms. The molecule has 2 amide bonds. The molecule has 9 nitrogen and oxygen atoms in total. The zero-order valence-electron chi connectivity index (χ0n) is 17.1. The van der Waals surface area contributed by atoms with E-state index in [2.05, 4.69) is 20.6 Å². The van der Waals surface area contributed by atoms with Crippen LogP contribution in [0.4, 0.5) is 20.8 Å². The summed E-state index contributed by atoms with van der Waals surface area (Å²) in [7, 11) is 0. The van der Waals surface area contributed by atoms with E-state index in [0.717, 1.165) is 0 Å². The van der Waals surface area contributed by atoms with Crippen molar-refractivity contribution in [2.45, 2.75) is 31.3 Å². The SMILES string of the molecule is O=C1O[C@]2(CC[C@H](C(=O)Nc3ccn(-c4ccccc4F)n3)CC2)CN1c1cccnn1. The number of hydrogen-bond donors (Lipinski definition) is 1. The predicted molar refractivity (Wildman–Crippen MR) is 113 cm³/mol. The van der Waals surface area contributed by atoms with Crippen molar-refractivity contribution in [2.75, 3.05) is 16.8 Å². The molecule has 1 aliphatic carbocycles. The van der Waals surface area contributed by atoms with Crippen LogP contribution in [0.2, 0.25) is 0 Å². The monoisotopic (exact) mass is 436 g/mol. The van der Waals surface area contributed by atoms with Crippen molar-refractivity contribution in [3.63, 3.8) is 0 Å². The number of carbonyl (C=O) groups is 2. The maximum absolute atomic E-state index is 14.0. The van der Waals surface area contributed by atoms with E-state index in [9.17, 15) is 14.0 Å². The van der Waals surface area contributed by atoms with Crippen LogP contribution in [0.5, 0.6) is 0 Å². The third-order valence-electron chi connectivity index (χ3n) is 6.01. The topological polar surface area (TPSA) is 102 Å². The molecule has 1 N–H and O–H groups in total. The highest BCUT2D eigenvalue weighted by Gasteiger charge is 2.49. The number of benzene rings is 1. The van der Waals surface area contributed by atoms with Crippen molar-refractivity contribution in [3.8, 4) is 5.69 Å². The highest BCUT2D eigenvalue weighted by atomic mass is 19.1. The number of aromatic nitrogens is 4. The number of nitrogens with one attached hydrogen (secondary N) is 1. The van der Waals surface area contributed by atoms with Gasteiger partial charge in [0.15, 0.2) is 11.6 Å². The molecule has 0 atom stereocenters. The lowest BCUT2D eigenvalue weighted by Crippen LogP contribution is -2.41. The second-order valence-electron chi connectivity index (χ2n) is 8.08.